The summed E-state index contributed by atoms with van der Waals surface area (Å²) in [6.45, 7) is 5.20. The second kappa shape index (κ2) is 4.30. The van der Waals surface area contributed by atoms with Crippen LogP contribution in [0.3, 0.4) is 0 Å². The van der Waals surface area contributed by atoms with Crippen LogP contribution in [-0.2, 0) is 9.53 Å². The molecule has 0 N–H and O–H groups in total. The second-order valence-electron chi connectivity index (χ2n) is 2.56. The van der Waals surface area contributed by atoms with Crippen LogP contribution >= 0.6 is 12.6 Å². The molecule has 62 valence electrons. The summed E-state index contributed by atoms with van der Waals surface area (Å²) in [4.78, 5) is 11.0. The molecule has 0 radical (unpaired) electrons. The van der Waals surface area contributed by atoms with Crippen molar-refractivity contribution in [2.24, 2.45) is 0 Å². The maximum atomic E-state index is 11.0. The molecule has 0 saturated carbocycles. The molecule has 0 spiro atoms. The molecule has 0 unspecified atom stereocenters. The van der Waals surface area contributed by atoms with Gasteiger partial charge in [0.2, 0.25) is 0 Å². The molecule has 0 rings (SSSR count). The van der Waals surface area contributed by atoms with Crippen LogP contribution in [0.4, 0.5) is 0 Å². The molecule has 0 aliphatic carbocycles. The fourth-order valence-corrected chi connectivity index (χ4v) is 0.415. The van der Waals surface area contributed by atoms with Crippen molar-refractivity contribution >= 4 is 18.6 Å². The van der Waals surface area contributed by atoms with Gasteiger partial charge in [-0.3, -0.25) is 4.79 Å². The van der Waals surface area contributed by atoms with Crippen LogP contribution in [0.2, 0.25) is 0 Å². The van der Waals surface area contributed by atoms with Crippen molar-refractivity contribution in [3.05, 3.63) is 0 Å². The molecule has 0 bridgehead atoms. The third kappa shape index (κ3) is 4.74. The van der Waals surface area contributed by atoms with Crippen molar-refractivity contribution in [1.82, 2.24) is 0 Å². The van der Waals surface area contributed by atoms with E-state index in [1.165, 1.54) is 0 Å². The first-order valence-corrected chi connectivity index (χ1v) is 3.72. The lowest BCUT2D eigenvalue weighted by atomic mass is 10.2. The van der Waals surface area contributed by atoms with Gasteiger partial charge in [-0.15, -0.1) is 5.92 Å². The first-order chi connectivity index (χ1) is 4.98. The van der Waals surface area contributed by atoms with Gasteiger partial charge in [0.1, 0.15) is 4.75 Å². The van der Waals surface area contributed by atoms with Gasteiger partial charge in [-0.05, 0) is 20.8 Å². The number of esters is 1. The van der Waals surface area contributed by atoms with Crippen molar-refractivity contribution in [3.63, 3.8) is 0 Å². The Morgan fingerprint density at radius 2 is 2.18 bits per heavy atom. The van der Waals surface area contributed by atoms with Gasteiger partial charge in [0.15, 0.2) is 6.61 Å². The van der Waals surface area contributed by atoms with E-state index in [1.54, 1.807) is 20.8 Å². The Labute approximate surface area is 72.7 Å². The molecular weight excluding hydrogens is 160 g/mol. The van der Waals surface area contributed by atoms with Crippen LogP contribution in [0.15, 0.2) is 0 Å². The molecule has 0 amide bonds. The van der Waals surface area contributed by atoms with Crippen molar-refractivity contribution in [3.8, 4) is 11.8 Å². The molecule has 0 aromatic rings. The number of hydrogen-bond donors (Lipinski definition) is 1. The lowest BCUT2D eigenvalue weighted by Gasteiger charge is -2.13. The normalized spacial score (nSPS) is 9.82. The van der Waals surface area contributed by atoms with Crippen molar-refractivity contribution < 1.29 is 9.53 Å². The molecule has 0 saturated heterocycles. The largest absolute Gasteiger partial charge is 0.451 e. The summed E-state index contributed by atoms with van der Waals surface area (Å²) in [5, 5.41) is 0. The highest BCUT2D eigenvalue weighted by molar-refractivity contribution is 7.82. The van der Waals surface area contributed by atoms with Crippen LogP contribution in [-0.4, -0.2) is 17.3 Å². The van der Waals surface area contributed by atoms with E-state index in [-0.39, 0.29) is 12.6 Å². The summed E-state index contributed by atoms with van der Waals surface area (Å²) in [6.07, 6.45) is 0. The third-order valence-corrected chi connectivity index (χ3v) is 1.13. The highest BCUT2D eigenvalue weighted by Gasteiger charge is 2.23. The van der Waals surface area contributed by atoms with E-state index in [9.17, 15) is 4.79 Å². The van der Waals surface area contributed by atoms with E-state index in [4.69, 9.17) is 4.74 Å². The van der Waals surface area contributed by atoms with Gasteiger partial charge in [-0.2, -0.15) is 12.6 Å². The molecule has 0 atom stereocenters. The number of rotatable bonds is 2. The van der Waals surface area contributed by atoms with E-state index in [0.717, 1.165) is 0 Å². The van der Waals surface area contributed by atoms with Gasteiger partial charge in [0.25, 0.3) is 0 Å². The zero-order valence-electron chi connectivity index (χ0n) is 6.97. The Kier molecular flexibility index (Phi) is 4.06. The lowest BCUT2D eigenvalue weighted by molar-refractivity contribution is -0.144. The monoisotopic (exact) mass is 172 g/mol. The first kappa shape index (κ1) is 10.4. The van der Waals surface area contributed by atoms with Gasteiger partial charge >= 0.3 is 5.97 Å². The predicted molar refractivity (Wildman–Crippen MR) is 47.5 cm³/mol. The summed E-state index contributed by atoms with van der Waals surface area (Å²) >= 11 is 4.03. The highest BCUT2D eigenvalue weighted by Crippen LogP contribution is 2.13. The summed E-state index contributed by atoms with van der Waals surface area (Å²) in [6, 6.07) is 0. The van der Waals surface area contributed by atoms with Crippen LogP contribution in [0, 0.1) is 11.8 Å². The molecule has 2 nitrogen and oxygen atoms in total. The SMILES string of the molecule is CC#CCOC(=O)C(C)(C)S. The van der Waals surface area contributed by atoms with E-state index in [1.807, 2.05) is 0 Å². The second-order valence-corrected chi connectivity index (χ2v) is 3.68. The average molecular weight is 172 g/mol. The standard InChI is InChI=1S/C8H12O2S/c1-4-5-6-10-7(9)8(2,3)11/h11H,6H2,1-3H3. The van der Waals surface area contributed by atoms with E-state index < -0.39 is 4.75 Å². The molecule has 3 heteroatoms. The minimum Gasteiger partial charge on any atom is -0.451 e. The minimum absolute atomic E-state index is 0.152. The van der Waals surface area contributed by atoms with Crippen LogP contribution < -0.4 is 0 Å². The van der Waals surface area contributed by atoms with Gasteiger partial charge in [0, 0.05) is 0 Å². The smallest absolute Gasteiger partial charge is 0.322 e. The van der Waals surface area contributed by atoms with E-state index in [2.05, 4.69) is 24.5 Å². The Balaban J connectivity index is 3.77. The van der Waals surface area contributed by atoms with Crippen molar-refractivity contribution in [1.29, 1.82) is 0 Å². The Morgan fingerprint density at radius 1 is 1.64 bits per heavy atom. The number of carbonyl (C=O) groups is 1. The molecule has 0 fully saturated rings. The minimum atomic E-state index is -0.727. The van der Waals surface area contributed by atoms with Crippen LogP contribution in [0.1, 0.15) is 20.8 Å². The fraction of sp³-hybridized carbons (Fsp3) is 0.625. The molecule has 11 heavy (non-hydrogen) atoms. The van der Waals surface area contributed by atoms with E-state index in [0.29, 0.717) is 0 Å². The Bertz CT molecular complexity index is 192. The molecule has 0 aliphatic heterocycles. The number of carbonyl (C=O) groups excluding carboxylic acids is 1. The van der Waals surface area contributed by atoms with Gasteiger partial charge in [0.05, 0.1) is 0 Å². The molecule has 0 aliphatic rings. The van der Waals surface area contributed by atoms with Crippen LogP contribution in [0.5, 0.6) is 0 Å². The average Bonchev–Trinajstić information content (AvgIpc) is 1.86. The zero-order valence-corrected chi connectivity index (χ0v) is 7.87. The zero-order chi connectivity index (χ0) is 8.91. The molecule has 0 heterocycles. The quantitative estimate of drug-likeness (QED) is 0.385. The first-order valence-electron chi connectivity index (χ1n) is 3.27. The summed E-state index contributed by atoms with van der Waals surface area (Å²) in [7, 11) is 0. The maximum Gasteiger partial charge on any atom is 0.322 e. The third-order valence-electron chi connectivity index (χ3n) is 0.952. The fourth-order valence-electron chi connectivity index (χ4n) is 0.350. The maximum absolute atomic E-state index is 11.0. The summed E-state index contributed by atoms with van der Waals surface area (Å²) < 4.78 is 4.03. The molecule has 0 aromatic heterocycles. The molecular formula is C8H12O2S. The number of ether oxygens (including phenoxy) is 1. The summed E-state index contributed by atoms with van der Waals surface area (Å²) in [5.74, 6) is 4.90. The Morgan fingerprint density at radius 3 is 2.55 bits per heavy atom. The van der Waals surface area contributed by atoms with Crippen LogP contribution in [0.25, 0.3) is 0 Å². The summed E-state index contributed by atoms with van der Waals surface area (Å²) in [5.41, 5.74) is 0. The van der Waals surface area contributed by atoms with E-state index >= 15 is 0 Å². The molecule has 0 aromatic carbocycles. The van der Waals surface area contributed by atoms with Gasteiger partial charge < -0.3 is 4.74 Å². The highest BCUT2D eigenvalue weighted by atomic mass is 32.1. The van der Waals surface area contributed by atoms with Gasteiger partial charge in [-0.25, -0.2) is 0 Å². The lowest BCUT2D eigenvalue weighted by Crippen LogP contribution is -2.27. The van der Waals surface area contributed by atoms with Crippen molar-refractivity contribution in [2.45, 2.75) is 25.5 Å². The Hall–Kier alpha value is -0.620. The van der Waals surface area contributed by atoms with Gasteiger partial charge in [-0.1, -0.05) is 5.92 Å². The number of thiol groups is 1. The van der Waals surface area contributed by atoms with Crippen molar-refractivity contribution in [2.75, 3.05) is 6.61 Å². The number of hydrogen-bond acceptors (Lipinski definition) is 3. The predicted octanol–water partition coefficient (Wildman–Crippen LogP) is 1.26. The topological polar surface area (TPSA) is 26.3 Å².